The molecule has 3 aromatic carbocycles. The molecule has 0 bridgehead atoms. The summed E-state index contributed by atoms with van der Waals surface area (Å²) >= 11 is 0. The van der Waals surface area contributed by atoms with Crippen LogP contribution in [-0.2, 0) is 12.0 Å². The summed E-state index contributed by atoms with van der Waals surface area (Å²) in [4.78, 5) is 11.3. The molecule has 1 atom stereocenters. The molecule has 0 saturated heterocycles. The van der Waals surface area contributed by atoms with Crippen LogP contribution in [0, 0.1) is 5.82 Å². The van der Waals surface area contributed by atoms with Gasteiger partial charge in [0.15, 0.2) is 0 Å². The summed E-state index contributed by atoms with van der Waals surface area (Å²) in [5.41, 5.74) is 1.72. The van der Waals surface area contributed by atoms with E-state index in [-0.39, 0.29) is 31.0 Å². The zero-order chi connectivity index (χ0) is 28.8. The van der Waals surface area contributed by atoms with Crippen molar-refractivity contribution in [2.24, 2.45) is 9.98 Å². The van der Waals surface area contributed by atoms with Crippen molar-refractivity contribution in [1.29, 1.82) is 0 Å². The smallest absolute Gasteiger partial charge is 0.396 e. The fraction of sp³-hybridized carbons (Fsp3) is 0.312. The van der Waals surface area contributed by atoms with Crippen LogP contribution in [0.4, 0.5) is 28.9 Å². The highest BCUT2D eigenvalue weighted by atomic mass is 19.4. The number of fused-ring (bicyclic) bond motifs is 1. The van der Waals surface area contributed by atoms with Crippen molar-refractivity contribution >= 4 is 22.9 Å². The highest BCUT2D eigenvalue weighted by molar-refractivity contribution is 6.05. The molecule has 1 N–H and O–H groups in total. The van der Waals surface area contributed by atoms with Gasteiger partial charge in [-0.3, -0.25) is 4.99 Å². The molecule has 2 aliphatic rings. The maximum atomic E-state index is 14.4. The molecule has 40 heavy (non-hydrogen) atoms. The molecule has 1 unspecified atom stereocenters. The summed E-state index contributed by atoms with van der Waals surface area (Å²) in [6.45, 7) is 6.30. The van der Waals surface area contributed by atoms with Crippen LogP contribution in [0.5, 0.6) is 0 Å². The van der Waals surface area contributed by atoms with E-state index >= 15 is 0 Å². The molecule has 2 aliphatic heterocycles. The molecule has 5 rings (SSSR count). The van der Waals surface area contributed by atoms with E-state index < -0.39 is 11.6 Å². The third-order valence-electron chi connectivity index (χ3n) is 7.38. The Morgan fingerprint density at radius 1 is 0.925 bits per heavy atom. The number of unbranched alkanes of at least 4 members (excludes halogenated alkanes) is 2. The molecule has 0 aromatic heterocycles. The number of benzene rings is 3. The molecule has 210 valence electrons. The fourth-order valence-electron chi connectivity index (χ4n) is 5.19. The maximum absolute atomic E-state index is 14.4. The number of nitrogens with zero attached hydrogens (tertiary/aromatic N) is 3. The van der Waals surface area contributed by atoms with Crippen molar-refractivity contribution in [1.82, 2.24) is 0 Å². The minimum atomic E-state index is -4.44. The Morgan fingerprint density at radius 3 is 2.33 bits per heavy atom. The van der Waals surface area contributed by atoms with E-state index in [1.807, 2.05) is 23.1 Å². The first-order chi connectivity index (χ1) is 19.3. The number of aliphatic hydroxyl groups is 1. The minimum absolute atomic E-state index is 0.130. The van der Waals surface area contributed by atoms with Crippen molar-refractivity contribution in [2.75, 3.05) is 18.1 Å². The van der Waals surface area contributed by atoms with Gasteiger partial charge >= 0.3 is 6.18 Å². The molecule has 8 heteroatoms. The lowest BCUT2D eigenvalue weighted by molar-refractivity contribution is -0.183. The van der Waals surface area contributed by atoms with Crippen LogP contribution >= 0.6 is 0 Å². The van der Waals surface area contributed by atoms with E-state index in [2.05, 4.69) is 18.2 Å². The van der Waals surface area contributed by atoms with Crippen molar-refractivity contribution in [3.8, 4) is 0 Å². The SMILES string of the molecule is C=C.OCCCCCC1=Nc2cc(C3=NCC(c4ccccc4)(C(F)(F)F)C3)ccc2CN1c1ccc(F)cc1. The summed E-state index contributed by atoms with van der Waals surface area (Å²) in [7, 11) is 0. The Morgan fingerprint density at radius 2 is 1.65 bits per heavy atom. The number of aliphatic imine (C=N–C) groups is 2. The van der Waals surface area contributed by atoms with Crippen molar-refractivity contribution in [3.05, 3.63) is 108 Å². The van der Waals surface area contributed by atoms with E-state index in [0.717, 1.165) is 29.9 Å². The van der Waals surface area contributed by atoms with Crippen LogP contribution in [-0.4, -0.2) is 36.0 Å². The Balaban J connectivity index is 0.00000181. The zero-order valence-corrected chi connectivity index (χ0v) is 22.3. The number of amidine groups is 1. The first-order valence-corrected chi connectivity index (χ1v) is 13.3. The molecule has 0 radical (unpaired) electrons. The van der Waals surface area contributed by atoms with Crippen LogP contribution in [0.15, 0.2) is 95.9 Å². The van der Waals surface area contributed by atoms with Gasteiger partial charge in [-0.1, -0.05) is 48.9 Å². The van der Waals surface area contributed by atoms with Gasteiger partial charge in [-0.2, -0.15) is 13.2 Å². The standard InChI is InChI=1S/C30H29F4N3O.C2H4/c31-24-12-14-25(15-13-24)37-19-22-11-10-21(17-26(22)36-28(37)9-5-2-6-16-38)27-18-29(20-35-27,30(32,33)34)23-7-3-1-4-8-23;1-2/h1,3-4,7-8,10-15,17,38H,2,5-6,9,16,18-20H2;1-2H2. The number of alkyl halides is 3. The molecule has 0 saturated carbocycles. The lowest BCUT2D eigenvalue weighted by Crippen LogP contribution is -2.43. The quantitative estimate of drug-likeness (QED) is 0.176. The average molecular weight is 552 g/mol. The second-order valence-electron chi connectivity index (χ2n) is 9.85. The van der Waals surface area contributed by atoms with Gasteiger partial charge in [0.25, 0.3) is 0 Å². The van der Waals surface area contributed by atoms with E-state index in [1.54, 1.807) is 30.3 Å². The molecule has 0 aliphatic carbocycles. The normalized spacial score (nSPS) is 18.4. The first kappa shape index (κ1) is 29.2. The van der Waals surface area contributed by atoms with Crippen molar-refractivity contribution < 1.29 is 22.7 Å². The average Bonchev–Trinajstić information content (AvgIpc) is 3.44. The van der Waals surface area contributed by atoms with Gasteiger partial charge in [0, 0.05) is 30.8 Å². The summed E-state index contributed by atoms with van der Waals surface area (Å²) in [6, 6.07) is 19.8. The van der Waals surface area contributed by atoms with Gasteiger partial charge in [0.2, 0.25) is 0 Å². The Labute approximate surface area is 232 Å². The number of halogens is 4. The minimum Gasteiger partial charge on any atom is -0.396 e. The van der Waals surface area contributed by atoms with Gasteiger partial charge < -0.3 is 10.0 Å². The summed E-state index contributed by atoms with van der Waals surface area (Å²) in [5.74, 6) is 0.487. The van der Waals surface area contributed by atoms with Crippen LogP contribution in [0.25, 0.3) is 0 Å². The van der Waals surface area contributed by atoms with Crippen LogP contribution < -0.4 is 4.90 Å². The second kappa shape index (κ2) is 12.6. The summed E-state index contributed by atoms with van der Waals surface area (Å²) in [6.07, 6.45) is -1.64. The van der Waals surface area contributed by atoms with Crippen LogP contribution in [0.1, 0.15) is 48.8 Å². The Hall–Kier alpha value is -3.78. The monoisotopic (exact) mass is 551 g/mol. The van der Waals surface area contributed by atoms with Gasteiger partial charge in [-0.25, -0.2) is 9.38 Å². The van der Waals surface area contributed by atoms with Crippen LogP contribution in [0.3, 0.4) is 0 Å². The fourth-order valence-corrected chi connectivity index (χ4v) is 5.19. The Kier molecular flexibility index (Phi) is 9.20. The maximum Gasteiger partial charge on any atom is 0.400 e. The lowest BCUT2D eigenvalue weighted by Gasteiger charge is -2.32. The van der Waals surface area contributed by atoms with Gasteiger partial charge in [-0.15, -0.1) is 13.2 Å². The summed E-state index contributed by atoms with van der Waals surface area (Å²) < 4.78 is 56.7. The van der Waals surface area contributed by atoms with Gasteiger partial charge in [-0.05, 0) is 59.9 Å². The number of rotatable bonds is 8. The third-order valence-corrected chi connectivity index (χ3v) is 7.38. The molecular formula is C32H33F4N3O. The van der Waals surface area contributed by atoms with E-state index in [4.69, 9.17) is 10.1 Å². The number of hydrogen-bond donors (Lipinski definition) is 1. The Bertz CT molecular complexity index is 1350. The van der Waals surface area contributed by atoms with E-state index in [1.165, 1.54) is 24.3 Å². The second-order valence-corrected chi connectivity index (χ2v) is 9.85. The number of aliphatic hydroxyl groups excluding tert-OH is 1. The molecule has 4 nitrogen and oxygen atoms in total. The highest BCUT2D eigenvalue weighted by Crippen LogP contribution is 2.48. The molecule has 3 aromatic rings. The predicted octanol–water partition coefficient (Wildman–Crippen LogP) is 7.92. The molecule has 0 spiro atoms. The van der Waals surface area contributed by atoms with Crippen LogP contribution in [0.2, 0.25) is 0 Å². The molecular weight excluding hydrogens is 518 g/mol. The predicted molar refractivity (Wildman–Crippen MR) is 153 cm³/mol. The van der Waals surface area contributed by atoms with E-state index in [9.17, 15) is 17.6 Å². The molecule has 2 heterocycles. The molecule has 0 fully saturated rings. The van der Waals surface area contributed by atoms with Gasteiger partial charge in [0.05, 0.1) is 18.8 Å². The molecule has 0 amide bonds. The number of anilines is 1. The summed E-state index contributed by atoms with van der Waals surface area (Å²) in [5, 5.41) is 9.13. The largest absolute Gasteiger partial charge is 0.400 e. The first-order valence-electron chi connectivity index (χ1n) is 13.3. The highest BCUT2D eigenvalue weighted by Gasteiger charge is 2.58. The van der Waals surface area contributed by atoms with Crippen molar-refractivity contribution in [2.45, 2.75) is 50.2 Å². The van der Waals surface area contributed by atoms with Crippen molar-refractivity contribution in [3.63, 3.8) is 0 Å². The topological polar surface area (TPSA) is 48.2 Å². The van der Waals surface area contributed by atoms with E-state index in [0.29, 0.717) is 36.3 Å². The number of hydrogen-bond acceptors (Lipinski definition) is 4. The zero-order valence-electron chi connectivity index (χ0n) is 22.3. The third kappa shape index (κ3) is 6.02. The lowest BCUT2D eigenvalue weighted by atomic mass is 9.76. The van der Waals surface area contributed by atoms with Gasteiger partial charge in [0.1, 0.15) is 17.1 Å².